The van der Waals surface area contributed by atoms with Gasteiger partial charge in [-0.2, -0.15) is 0 Å². The normalized spacial score (nSPS) is 14.2. The molecule has 0 bridgehead atoms. The molecule has 20 heavy (non-hydrogen) atoms. The second-order valence-corrected chi connectivity index (χ2v) is 4.77. The molecule has 2 rings (SSSR count). The number of aromatic nitrogens is 4. The van der Waals surface area contributed by atoms with E-state index in [4.69, 9.17) is 0 Å². The van der Waals surface area contributed by atoms with Crippen molar-refractivity contribution >= 4 is 23.0 Å². The van der Waals surface area contributed by atoms with E-state index in [1.165, 1.54) is 6.33 Å². The maximum Gasteiger partial charge on any atom is 0.326 e. The summed E-state index contributed by atoms with van der Waals surface area (Å²) in [6.07, 6.45) is 3.87. The van der Waals surface area contributed by atoms with Gasteiger partial charge in [-0.1, -0.05) is 20.3 Å². The highest BCUT2D eigenvalue weighted by atomic mass is 16.4. The van der Waals surface area contributed by atoms with E-state index in [9.17, 15) is 9.90 Å². The molecule has 2 atom stereocenters. The zero-order valence-electron chi connectivity index (χ0n) is 11.9. The van der Waals surface area contributed by atoms with Gasteiger partial charge in [-0.3, -0.25) is 0 Å². The summed E-state index contributed by atoms with van der Waals surface area (Å²) in [5.74, 6) is -0.429. The summed E-state index contributed by atoms with van der Waals surface area (Å²) in [6, 6.07) is -0.690. The molecular formula is C13H19N5O2. The molecule has 0 aliphatic rings. The van der Waals surface area contributed by atoms with Gasteiger partial charge in [0.1, 0.15) is 17.9 Å². The molecule has 7 nitrogen and oxygen atoms in total. The lowest BCUT2D eigenvalue weighted by molar-refractivity contribution is -0.139. The van der Waals surface area contributed by atoms with E-state index in [-0.39, 0.29) is 5.92 Å². The summed E-state index contributed by atoms with van der Waals surface area (Å²) < 4.78 is 1.89. The van der Waals surface area contributed by atoms with Crippen LogP contribution >= 0.6 is 0 Å². The Morgan fingerprint density at radius 3 is 2.75 bits per heavy atom. The Kier molecular flexibility index (Phi) is 4.16. The van der Waals surface area contributed by atoms with Crippen LogP contribution in [0.1, 0.15) is 27.2 Å². The standard InChI is InChI=1S/C13H19N5O2/c1-4-8(3)9(13(19)20)17-11-10-12(15-6-14-11)18(5-2)7-16-10/h6-9H,4-5H2,1-3H3,(H,19,20)(H,14,15,17)/t8-,9-/m0/s1. The van der Waals surface area contributed by atoms with Crippen LogP contribution in [0.5, 0.6) is 0 Å². The molecule has 0 saturated carbocycles. The van der Waals surface area contributed by atoms with Crippen molar-refractivity contribution in [2.45, 2.75) is 39.8 Å². The molecule has 0 aliphatic heterocycles. The third-order valence-electron chi connectivity index (χ3n) is 3.51. The Balaban J connectivity index is 2.37. The van der Waals surface area contributed by atoms with Crippen molar-refractivity contribution in [1.82, 2.24) is 19.5 Å². The van der Waals surface area contributed by atoms with Gasteiger partial charge in [0.25, 0.3) is 0 Å². The Hall–Kier alpha value is -2.18. The maximum absolute atomic E-state index is 11.4. The molecule has 0 fully saturated rings. The fourth-order valence-corrected chi connectivity index (χ4v) is 2.05. The number of imidazole rings is 1. The molecule has 7 heteroatoms. The topological polar surface area (TPSA) is 92.9 Å². The van der Waals surface area contributed by atoms with Crippen LogP contribution < -0.4 is 5.32 Å². The molecular weight excluding hydrogens is 258 g/mol. The number of rotatable bonds is 6. The number of fused-ring (bicyclic) bond motifs is 1. The largest absolute Gasteiger partial charge is 0.480 e. The number of hydrogen-bond acceptors (Lipinski definition) is 5. The Morgan fingerprint density at radius 2 is 2.15 bits per heavy atom. The summed E-state index contributed by atoms with van der Waals surface area (Å²) in [5.41, 5.74) is 1.31. The van der Waals surface area contributed by atoms with E-state index in [1.807, 2.05) is 25.3 Å². The number of nitrogens with one attached hydrogen (secondary N) is 1. The highest BCUT2D eigenvalue weighted by Gasteiger charge is 2.25. The molecule has 2 N–H and O–H groups in total. The third kappa shape index (κ3) is 2.56. The van der Waals surface area contributed by atoms with Gasteiger partial charge in [-0.05, 0) is 12.8 Å². The number of anilines is 1. The Bertz CT molecular complexity index is 610. The van der Waals surface area contributed by atoms with Crippen LogP contribution in [0.4, 0.5) is 5.82 Å². The van der Waals surface area contributed by atoms with Crippen LogP contribution in [0.25, 0.3) is 11.2 Å². The monoisotopic (exact) mass is 277 g/mol. The molecule has 108 valence electrons. The molecule has 0 saturated heterocycles. The predicted molar refractivity (Wildman–Crippen MR) is 75.5 cm³/mol. The van der Waals surface area contributed by atoms with Gasteiger partial charge in [0.05, 0.1) is 6.33 Å². The van der Waals surface area contributed by atoms with Crippen LogP contribution in [-0.4, -0.2) is 36.6 Å². The summed E-state index contributed by atoms with van der Waals surface area (Å²) in [5, 5.41) is 12.3. The van der Waals surface area contributed by atoms with Crippen molar-refractivity contribution in [3.05, 3.63) is 12.7 Å². The quantitative estimate of drug-likeness (QED) is 0.835. The number of nitrogens with zero attached hydrogens (tertiary/aromatic N) is 4. The summed E-state index contributed by atoms with van der Waals surface area (Å²) in [6.45, 7) is 6.61. The highest BCUT2D eigenvalue weighted by Crippen LogP contribution is 2.20. The van der Waals surface area contributed by atoms with E-state index < -0.39 is 12.0 Å². The van der Waals surface area contributed by atoms with Gasteiger partial charge >= 0.3 is 5.97 Å². The molecule has 0 aliphatic carbocycles. The first-order valence-corrected chi connectivity index (χ1v) is 6.73. The van der Waals surface area contributed by atoms with Gasteiger partial charge in [0.2, 0.25) is 0 Å². The molecule has 0 unspecified atom stereocenters. The van der Waals surface area contributed by atoms with Crippen LogP contribution in [0.3, 0.4) is 0 Å². The van der Waals surface area contributed by atoms with Crippen LogP contribution in [-0.2, 0) is 11.3 Å². The van der Waals surface area contributed by atoms with Crippen molar-refractivity contribution in [2.24, 2.45) is 5.92 Å². The van der Waals surface area contributed by atoms with Gasteiger partial charge in [0, 0.05) is 6.54 Å². The number of carboxylic acids is 1. The van der Waals surface area contributed by atoms with Crippen molar-refractivity contribution in [1.29, 1.82) is 0 Å². The smallest absolute Gasteiger partial charge is 0.326 e. The summed E-state index contributed by atoms with van der Waals surface area (Å²) in [7, 11) is 0. The number of carbonyl (C=O) groups is 1. The van der Waals surface area contributed by atoms with Gasteiger partial charge in [0.15, 0.2) is 11.5 Å². The molecule has 2 aromatic heterocycles. The molecule has 0 radical (unpaired) electrons. The van der Waals surface area contributed by atoms with Crippen LogP contribution in [0.15, 0.2) is 12.7 Å². The summed E-state index contributed by atoms with van der Waals surface area (Å²) in [4.78, 5) is 24.0. The van der Waals surface area contributed by atoms with E-state index in [0.29, 0.717) is 17.0 Å². The third-order valence-corrected chi connectivity index (χ3v) is 3.51. The fourth-order valence-electron chi connectivity index (χ4n) is 2.05. The van der Waals surface area contributed by atoms with Gasteiger partial charge in [-0.25, -0.2) is 19.7 Å². The fraction of sp³-hybridized carbons (Fsp3) is 0.538. The highest BCUT2D eigenvalue weighted by molar-refractivity contribution is 5.86. The first kappa shape index (κ1) is 14.2. The predicted octanol–water partition coefficient (Wildman–Crippen LogP) is 1.76. The number of hydrogen-bond donors (Lipinski definition) is 2. The van der Waals surface area contributed by atoms with Crippen molar-refractivity contribution in [3.8, 4) is 0 Å². The first-order chi connectivity index (χ1) is 9.58. The number of aryl methyl sites for hydroxylation is 1. The van der Waals surface area contributed by atoms with E-state index in [2.05, 4.69) is 20.3 Å². The SMILES string of the molecule is CC[C@H](C)[C@H](Nc1ncnc2c1ncn2CC)C(=O)O. The minimum atomic E-state index is -0.888. The van der Waals surface area contributed by atoms with Crippen molar-refractivity contribution in [2.75, 3.05) is 5.32 Å². The minimum Gasteiger partial charge on any atom is -0.480 e. The van der Waals surface area contributed by atoms with Crippen molar-refractivity contribution in [3.63, 3.8) is 0 Å². The average molecular weight is 277 g/mol. The van der Waals surface area contributed by atoms with E-state index >= 15 is 0 Å². The number of carboxylic acid groups (broad SMARTS) is 1. The Morgan fingerprint density at radius 1 is 1.40 bits per heavy atom. The average Bonchev–Trinajstić information content (AvgIpc) is 2.87. The van der Waals surface area contributed by atoms with Gasteiger partial charge < -0.3 is 15.0 Å². The lowest BCUT2D eigenvalue weighted by atomic mass is 9.99. The van der Waals surface area contributed by atoms with E-state index in [1.54, 1.807) is 6.33 Å². The van der Waals surface area contributed by atoms with Crippen molar-refractivity contribution < 1.29 is 9.90 Å². The maximum atomic E-state index is 11.4. The summed E-state index contributed by atoms with van der Waals surface area (Å²) >= 11 is 0. The minimum absolute atomic E-state index is 0.00854. The second-order valence-electron chi connectivity index (χ2n) is 4.77. The zero-order chi connectivity index (χ0) is 14.7. The lowest BCUT2D eigenvalue weighted by Crippen LogP contribution is -2.35. The molecule has 0 aromatic carbocycles. The number of aliphatic carboxylic acids is 1. The van der Waals surface area contributed by atoms with E-state index in [0.717, 1.165) is 13.0 Å². The van der Waals surface area contributed by atoms with Crippen LogP contribution in [0, 0.1) is 5.92 Å². The lowest BCUT2D eigenvalue weighted by Gasteiger charge is -2.20. The molecule has 0 amide bonds. The molecule has 0 spiro atoms. The Labute approximate surface area is 117 Å². The molecule has 2 aromatic rings. The molecule has 2 heterocycles. The van der Waals surface area contributed by atoms with Gasteiger partial charge in [-0.15, -0.1) is 0 Å². The second kappa shape index (κ2) is 5.85. The zero-order valence-corrected chi connectivity index (χ0v) is 11.9. The van der Waals surface area contributed by atoms with Crippen LogP contribution in [0.2, 0.25) is 0 Å². The first-order valence-electron chi connectivity index (χ1n) is 6.73.